The number of nitrogens with one attached hydrogen (secondary N) is 2. The lowest BCUT2D eigenvalue weighted by Gasteiger charge is -2.12. The van der Waals surface area contributed by atoms with Gasteiger partial charge in [0.05, 0.1) is 26.0 Å². The molecule has 2 N–H and O–H groups in total. The highest BCUT2D eigenvalue weighted by Gasteiger charge is 2.19. The van der Waals surface area contributed by atoms with Gasteiger partial charge in [0.25, 0.3) is 5.91 Å². The lowest BCUT2D eigenvalue weighted by atomic mass is 10.1. The van der Waals surface area contributed by atoms with Gasteiger partial charge in [0.2, 0.25) is 0 Å². The molecule has 1 saturated heterocycles. The number of carbonyl (C=O) groups excluding carboxylic acids is 2. The molecule has 1 heterocycles. The predicted molar refractivity (Wildman–Crippen MR) is 91.5 cm³/mol. The van der Waals surface area contributed by atoms with Crippen LogP contribution in [0, 0.1) is 5.82 Å². The van der Waals surface area contributed by atoms with Gasteiger partial charge >= 0.3 is 6.09 Å². The van der Waals surface area contributed by atoms with Crippen LogP contribution in [0.2, 0.25) is 0 Å². The Morgan fingerprint density at radius 3 is 2.62 bits per heavy atom. The summed E-state index contributed by atoms with van der Waals surface area (Å²) in [6.07, 6.45) is -1.29. The molecule has 0 aliphatic carbocycles. The van der Waals surface area contributed by atoms with Crippen molar-refractivity contribution in [1.29, 1.82) is 0 Å². The van der Waals surface area contributed by atoms with E-state index in [9.17, 15) is 14.0 Å². The average molecular weight is 360 g/mol. The molecule has 7 nitrogen and oxygen atoms in total. The van der Waals surface area contributed by atoms with Crippen molar-refractivity contribution in [2.75, 3.05) is 31.0 Å². The van der Waals surface area contributed by atoms with E-state index < -0.39 is 18.2 Å². The van der Waals surface area contributed by atoms with Gasteiger partial charge in [-0.3, -0.25) is 10.1 Å². The van der Waals surface area contributed by atoms with E-state index in [1.54, 1.807) is 18.2 Å². The third kappa shape index (κ3) is 4.16. The van der Waals surface area contributed by atoms with Gasteiger partial charge in [0.1, 0.15) is 5.82 Å². The standard InChI is InChI=1S/C18H17FN2O5/c1-24-18(23)21-15-10-13(5-6-14(15)19)20-16(22)11-3-2-4-12(9-11)17-25-7-8-26-17/h2-6,9-10,17H,7-8H2,1H3,(H,20,22)(H,21,23). The third-order valence-corrected chi connectivity index (χ3v) is 3.69. The minimum Gasteiger partial charge on any atom is -0.453 e. The molecule has 0 radical (unpaired) electrons. The SMILES string of the molecule is COC(=O)Nc1cc(NC(=O)c2cccc(C3OCCO3)c2)ccc1F. The fraction of sp³-hybridized carbons (Fsp3) is 0.222. The highest BCUT2D eigenvalue weighted by atomic mass is 19.1. The van der Waals surface area contributed by atoms with Crippen LogP contribution >= 0.6 is 0 Å². The molecule has 136 valence electrons. The molecule has 2 aromatic rings. The van der Waals surface area contributed by atoms with Crippen LogP contribution in [0.15, 0.2) is 42.5 Å². The average Bonchev–Trinajstić information content (AvgIpc) is 3.19. The van der Waals surface area contributed by atoms with E-state index in [1.165, 1.54) is 19.2 Å². The zero-order valence-corrected chi connectivity index (χ0v) is 14.0. The summed E-state index contributed by atoms with van der Waals surface area (Å²) in [5.41, 5.74) is 1.36. The maximum absolute atomic E-state index is 13.7. The predicted octanol–water partition coefficient (Wildman–Crippen LogP) is 3.30. The Labute approximate surface area is 149 Å². The summed E-state index contributed by atoms with van der Waals surface area (Å²) in [5, 5.41) is 4.89. The van der Waals surface area contributed by atoms with Gasteiger partial charge in [0.15, 0.2) is 6.29 Å². The number of anilines is 2. The molecular weight excluding hydrogens is 343 g/mol. The van der Waals surface area contributed by atoms with Crippen molar-refractivity contribution in [3.05, 3.63) is 59.4 Å². The smallest absolute Gasteiger partial charge is 0.411 e. The summed E-state index contributed by atoms with van der Waals surface area (Å²) in [7, 11) is 1.17. The van der Waals surface area contributed by atoms with Gasteiger partial charge < -0.3 is 19.5 Å². The normalized spacial score (nSPS) is 14.1. The Morgan fingerprint density at radius 1 is 1.12 bits per heavy atom. The zero-order valence-electron chi connectivity index (χ0n) is 14.0. The highest BCUT2D eigenvalue weighted by Crippen LogP contribution is 2.25. The summed E-state index contributed by atoms with van der Waals surface area (Å²) >= 11 is 0. The van der Waals surface area contributed by atoms with E-state index in [4.69, 9.17) is 9.47 Å². The van der Waals surface area contributed by atoms with Crippen LogP contribution in [0.3, 0.4) is 0 Å². The van der Waals surface area contributed by atoms with Gasteiger partial charge in [0, 0.05) is 16.8 Å². The maximum Gasteiger partial charge on any atom is 0.411 e. The largest absolute Gasteiger partial charge is 0.453 e. The molecule has 1 aliphatic rings. The first kappa shape index (κ1) is 17.8. The molecule has 0 aromatic heterocycles. The van der Waals surface area contributed by atoms with Gasteiger partial charge in [-0.2, -0.15) is 0 Å². The van der Waals surface area contributed by atoms with E-state index in [0.717, 1.165) is 11.6 Å². The van der Waals surface area contributed by atoms with Crippen LogP contribution in [0.25, 0.3) is 0 Å². The molecule has 26 heavy (non-hydrogen) atoms. The Bertz CT molecular complexity index is 821. The topological polar surface area (TPSA) is 85.9 Å². The number of ether oxygens (including phenoxy) is 3. The Balaban J connectivity index is 1.74. The minimum atomic E-state index is -0.809. The number of rotatable bonds is 4. The Morgan fingerprint density at radius 2 is 1.88 bits per heavy atom. The summed E-state index contributed by atoms with van der Waals surface area (Å²) in [5.74, 6) is -1.04. The van der Waals surface area contributed by atoms with Crippen molar-refractivity contribution in [3.8, 4) is 0 Å². The number of amides is 2. The second-order valence-corrected chi connectivity index (χ2v) is 5.46. The summed E-state index contributed by atoms with van der Waals surface area (Å²) in [6.45, 7) is 1.01. The van der Waals surface area contributed by atoms with E-state index in [-0.39, 0.29) is 11.6 Å². The van der Waals surface area contributed by atoms with Crippen LogP contribution in [-0.4, -0.2) is 32.3 Å². The number of hydrogen-bond acceptors (Lipinski definition) is 5. The number of benzene rings is 2. The first-order chi connectivity index (χ1) is 12.6. The third-order valence-electron chi connectivity index (χ3n) is 3.69. The lowest BCUT2D eigenvalue weighted by molar-refractivity contribution is -0.0441. The highest BCUT2D eigenvalue weighted by molar-refractivity contribution is 6.04. The number of hydrogen-bond donors (Lipinski definition) is 2. The fourth-order valence-electron chi connectivity index (χ4n) is 2.44. The van der Waals surface area contributed by atoms with E-state index in [1.807, 2.05) is 6.07 Å². The quantitative estimate of drug-likeness (QED) is 0.874. The first-order valence-electron chi connectivity index (χ1n) is 7.86. The summed E-state index contributed by atoms with van der Waals surface area (Å²) < 4.78 is 29.0. The second kappa shape index (κ2) is 7.94. The molecule has 3 rings (SSSR count). The second-order valence-electron chi connectivity index (χ2n) is 5.46. The molecule has 2 aromatic carbocycles. The molecule has 2 amide bonds. The maximum atomic E-state index is 13.7. The van der Waals surface area contributed by atoms with Crippen molar-refractivity contribution in [3.63, 3.8) is 0 Å². The number of halogens is 1. The molecule has 1 fully saturated rings. The molecule has 0 unspecified atom stereocenters. The Hall–Kier alpha value is -2.97. The molecule has 8 heteroatoms. The molecule has 0 atom stereocenters. The number of carbonyl (C=O) groups is 2. The van der Waals surface area contributed by atoms with E-state index in [0.29, 0.717) is 24.5 Å². The van der Waals surface area contributed by atoms with Gasteiger partial charge in [-0.25, -0.2) is 9.18 Å². The first-order valence-corrected chi connectivity index (χ1v) is 7.86. The van der Waals surface area contributed by atoms with Gasteiger partial charge in [-0.1, -0.05) is 12.1 Å². The van der Waals surface area contributed by atoms with Gasteiger partial charge in [-0.05, 0) is 30.3 Å². The minimum absolute atomic E-state index is 0.101. The van der Waals surface area contributed by atoms with Gasteiger partial charge in [-0.15, -0.1) is 0 Å². The lowest BCUT2D eigenvalue weighted by Crippen LogP contribution is -2.15. The molecule has 0 bridgehead atoms. The zero-order chi connectivity index (χ0) is 18.5. The number of methoxy groups -OCH3 is 1. The van der Waals surface area contributed by atoms with Crippen LogP contribution in [0.1, 0.15) is 22.2 Å². The van der Waals surface area contributed by atoms with Crippen molar-refractivity contribution >= 4 is 23.4 Å². The van der Waals surface area contributed by atoms with Crippen molar-refractivity contribution < 1.29 is 28.2 Å². The van der Waals surface area contributed by atoms with Crippen molar-refractivity contribution in [2.45, 2.75) is 6.29 Å². The fourth-order valence-corrected chi connectivity index (χ4v) is 2.44. The van der Waals surface area contributed by atoms with E-state index >= 15 is 0 Å². The van der Waals surface area contributed by atoms with Crippen molar-refractivity contribution in [2.24, 2.45) is 0 Å². The summed E-state index contributed by atoms with van der Waals surface area (Å²) in [6, 6.07) is 10.7. The molecular formula is C18H17FN2O5. The van der Waals surface area contributed by atoms with Crippen LogP contribution < -0.4 is 10.6 Å². The Kier molecular flexibility index (Phi) is 5.45. The van der Waals surface area contributed by atoms with Crippen LogP contribution in [0.4, 0.5) is 20.6 Å². The summed E-state index contributed by atoms with van der Waals surface area (Å²) in [4.78, 5) is 23.7. The molecule has 0 saturated carbocycles. The molecule has 0 spiro atoms. The van der Waals surface area contributed by atoms with E-state index in [2.05, 4.69) is 15.4 Å². The van der Waals surface area contributed by atoms with Crippen molar-refractivity contribution in [1.82, 2.24) is 0 Å². The monoisotopic (exact) mass is 360 g/mol. The van der Waals surface area contributed by atoms with Crippen LogP contribution in [0.5, 0.6) is 0 Å². The molecule has 1 aliphatic heterocycles. The van der Waals surface area contributed by atoms with Crippen LogP contribution in [-0.2, 0) is 14.2 Å².